The van der Waals surface area contributed by atoms with Crippen LogP contribution in [0.5, 0.6) is 0 Å². The molecule has 8 aromatic rings. The Balaban J connectivity index is 1.08. The van der Waals surface area contributed by atoms with E-state index in [2.05, 4.69) is 144 Å². The molecule has 2 aliphatic carbocycles. The maximum absolute atomic E-state index is 13.8. The fraction of sp³-hybridized carbons (Fsp3) is 0.120. The predicted octanol–water partition coefficient (Wildman–Crippen LogP) is 13.9. The zero-order chi connectivity index (χ0) is 37.8. The van der Waals surface area contributed by atoms with E-state index in [9.17, 15) is 4.39 Å². The molecular formula is C50H39FN4S. The van der Waals surface area contributed by atoms with Crippen molar-refractivity contribution in [3.8, 4) is 0 Å². The quantitative estimate of drug-likeness (QED) is 0.145. The van der Waals surface area contributed by atoms with Gasteiger partial charge in [0.25, 0.3) is 0 Å². The van der Waals surface area contributed by atoms with Crippen molar-refractivity contribution in [2.75, 3.05) is 4.90 Å². The SMILES string of the molecule is C=C/C(=C\C(C)c1ccc(F)cc1)N(C1=CCCC=C1)c1ccc(C2=CC=C(n3c4ccc5ccccc5c4c4c5ccccc5ccc43)CC2)c2nsnc12. The minimum absolute atomic E-state index is 0.0305. The molecule has 6 aromatic carbocycles. The Morgan fingerprint density at radius 1 is 0.786 bits per heavy atom. The Kier molecular flexibility index (Phi) is 8.56. The maximum Gasteiger partial charge on any atom is 0.129 e. The summed E-state index contributed by atoms with van der Waals surface area (Å²) >= 11 is 1.25. The summed E-state index contributed by atoms with van der Waals surface area (Å²) < 4.78 is 26.1. The van der Waals surface area contributed by atoms with Crippen molar-refractivity contribution in [3.05, 3.63) is 187 Å². The van der Waals surface area contributed by atoms with Gasteiger partial charge in [0.15, 0.2) is 0 Å². The van der Waals surface area contributed by atoms with Gasteiger partial charge in [-0.15, -0.1) is 0 Å². The van der Waals surface area contributed by atoms with Gasteiger partial charge >= 0.3 is 0 Å². The first-order chi connectivity index (χ1) is 27.6. The third-order valence-electron chi connectivity index (χ3n) is 11.5. The summed E-state index contributed by atoms with van der Waals surface area (Å²) in [7, 11) is 0. The number of fused-ring (bicyclic) bond motifs is 8. The average Bonchev–Trinajstić information content (AvgIpc) is 3.88. The van der Waals surface area contributed by atoms with E-state index in [1.54, 1.807) is 0 Å². The van der Waals surface area contributed by atoms with Crippen LogP contribution < -0.4 is 4.90 Å². The number of benzene rings is 6. The van der Waals surface area contributed by atoms with Crippen LogP contribution in [0.2, 0.25) is 0 Å². The lowest BCUT2D eigenvalue weighted by Gasteiger charge is -2.29. The van der Waals surface area contributed by atoms with Crippen LogP contribution in [-0.2, 0) is 0 Å². The topological polar surface area (TPSA) is 34.0 Å². The molecule has 2 aliphatic rings. The van der Waals surface area contributed by atoms with E-state index >= 15 is 0 Å². The number of hydrogen-bond acceptors (Lipinski definition) is 4. The molecule has 6 heteroatoms. The molecule has 0 radical (unpaired) electrons. The molecule has 1 atom stereocenters. The highest BCUT2D eigenvalue weighted by Crippen LogP contribution is 2.44. The Morgan fingerprint density at radius 3 is 2.12 bits per heavy atom. The second-order valence-corrected chi connectivity index (χ2v) is 15.2. The molecular weight excluding hydrogens is 708 g/mol. The van der Waals surface area contributed by atoms with Crippen molar-refractivity contribution >= 4 is 83.1 Å². The lowest BCUT2D eigenvalue weighted by molar-refractivity contribution is 0.626. The van der Waals surface area contributed by atoms with Gasteiger partial charge in [-0.05, 0) is 107 Å². The van der Waals surface area contributed by atoms with E-state index in [0.717, 1.165) is 64.9 Å². The van der Waals surface area contributed by atoms with E-state index in [-0.39, 0.29) is 11.7 Å². The smallest absolute Gasteiger partial charge is 0.129 e. The first-order valence-corrected chi connectivity index (χ1v) is 20.1. The van der Waals surface area contributed by atoms with Crippen molar-refractivity contribution in [1.82, 2.24) is 13.3 Å². The van der Waals surface area contributed by atoms with E-state index in [0.29, 0.717) is 0 Å². The Labute approximate surface area is 329 Å². The predicted molar refractivity (Wildman–Crippen MR) is 235 cm³/mol. The molecule has 0 saturated carbocycles. The summed E-state index contributed by atoms with van der Waals surface area (Å²) in [4.78, 5) is 2.25. The Bertz CT molecular complexity index is 2930. The summed E-state index contributed by atoms with van der Waals surface area (Å²) in [5, 5.41) is 7.69. The first kappa shape index (κ1) is 34.1. The highest BCUT2D eigenvalue weighted by atomic mass is 32.1. The molecule has 0 amide bonds. The first-order valence-electron chi connectivity index (χ1n) is 19.3. The molecule has 272 valence electrons. The van der Waals surface area contributed by atoms with Gasteiger partial charge in [-0.25, -0.2) is 4.39 Å². The van der Waals surface area contributed by atoms with Crippen molar-refractivity contribution in [1.29, 1.82) is 0 Å². The highest BCUT2D eigenvalue weighted by Gasteiger charge is 2.24. The summed E-state index contributed by atoms with van der Waals surface area (Å²) in [5.41, 5.74) is 11.9. The van der Waals surface area contributed by atoms with E-state index in [1.165, 1.54) is 78.5 Å². The van der Waals surface area contributed by atoms with Gasteiger partial charge in [0.05, 0.1) is 28.4 Å². The van der Waals surface area contributed by atoms with Crippen molar-refractivity contribution < 1.29 is 4.39 Å². The number of hydrogen-bond donors (Lipinski definition) is 0. The lowest BCUT2D eigenvalue weighted by atomic mass is 9.94. The van der Waals surface area contributed by atoms with Gasteiger partial charge in [0.2, 0.25) is 0 Å². The van der Waals surface area contributed by atoms with Crippen LogP contribution >= 0.6 is 11.7 Å². The molecule has 10 rings (SSSR count). The van der Waals surface area contributed by atoms with Gasteiger partial charge in [-0.2, -0.15) is 8.75 Å². The third-order valence-corrected chi connectivity index (χ3v) is 12.0. The van der Waals surface area contributed by atoms with E-state index in [1.807, 2.05) is 18.2 Å². The van der Waals surface area contributed by atoms with Gasteiger partial charge in [-0.1, -0.05) is 117 Å². The fourth-order valence-corrected chi connectivity index (χ4v) is 9.30. The second-order valence-electron chi connectivity index (χ2n) is 14.7. The maximum atomic E-state index is 13.8. The average molecular weight is 747 g/mol. The molecule has 0 spiro atoms. The van der Waals surface area contributed by atoms with E-state index < -0.39 is 0 Å². The van der Waals surface area contributed by atoms with Gasteiger partial charge in [0.1, 0.15) is 16.9 Å². The Hall–Kier alpha value is -6.37. The number of halogens is 1. The Morgan fingerprint density at radius 2 is 1.48 bits per heavy atom. The number of rotatable bonds is 8. The lowest BCUT2D eigenvalue weighted by Crippen LogP contribution is -2.21. The number of nitrogens with zero attached hydrogens (tertiary/aromatic N) is 4. The van der Waals surface area contributed by atoms with Crippen LogP contribution in [0, 0.1) is 5.82 Å². The molecule has 0 aliphatic heterocycles. The van der Waals surface area contributed by atoms with Crippen molar-refractivity contribution in [2.24, 2.45) is 0 Å². The molecule has 4 nitrogen and oxygen atoms in total. The minimum atomic E-state index is -0.236. The molecule has 2 heterocycles. The number of anilines is 1. The van der Waals surface area contributed by atoms with Crippen LogP contribution in [0.25, 0.3) is 65.7 Å². The zero-order valence-electron chi connectivity index (χ0n) is 31.1. The molecule has 0 bridgehead atoms. The molecule has 56 heavy (non-hydrogen) atoms. The van der Waals surface area contributed by atoms with E-state index in [4.69, 9.17) is 8.75 Å². The molecule has 0 fully saturated rings. The van der Waals surface area contributed by atoms with Crippen LogP contribution in [0.15, 0.2) is 170 Å². The zero-order valence-corrected chi connectivity index (χ0v) is 31.9. The van der Waals surface area contributed by atoms with Crippen LogP contribution in [0.1, 0.15) is 49.7 Å². The van der Waals surface area contributed by atoms with Crippen molar-refractivity contribution in [2.45, 2.75) is 38.5 Å². The molecule has 2 aromatic heterocycles. The normalized spacial score (nSPS) is 15.4. The summed E-state index contributed by atoms with van der Waals surface area (Å²) in [6, 6.07) is 37.7. The van der Waals surface area contributed by atoms with Gasteiger partial charge in [0, 0.05) is 39.3 Å². The molecule has 1 unspecified atom stereocenters. The standard InChI is InChI=1S/C50H39FN4S/c1-3-38(31-32(2)33-17-23-37(51)24-18-33)54(39-13-5-4-6-14-39)46-30-27-43(49-50(46)53-56-52-49)36-19-25-40(26-20-36)55-44-28-21-34-11-7-9-15-41(34)47(44)48-42-16-10-8-12-35(42)22-29-45(48)55/h3,5,7-19,21-25,27-32H,1,4,6,20,26H2,2H3/b38-31+. The molecule has 0 N–H and O–H groups in total. The summed E-state index contributed by atoms with van der Waals surface area (Å²) in [6.07, 6.45) is 19.1. The molecule has 0 saturated heterocycles. The second kappa shape index (κ2) is 14.0. The number of aromatic nitrogens is 3. The third kappa shape index (κ3) is 5.71. The van der Waals surface area contributed by atoms with Crippen molar-refractivity contribution in [3.63, 3.8) is 0 Å². The highest BCUT2D eigenvalue weighted by molar-refractivity contribution is 7.00. The van der Waals surface area contributed by atoms with Gasteiger partial charge in [-0.3, -0.25) is 0 Å². The summed E-state index contributed by atoms with van der Waals surface area (Å²) in [5.74, 6) is -0.205. The van der Waals surface area contributed by atoms with Crippen LogP contribution in [0.4, 0.5) is 10.1 Å². The monoisotopic (exact) mass is 746 g/mol. The summed E-state index contributed by atoms with van der Waals surface area (Å²) in [6.45, 7) is 6.37. The largest absolute Gasteiger partial charge is 0.313 e. The minimum Gasteiger partial charge on any atom is -0.313 e. The fourth-order valence-electron chi connectivity index (χ4n) is 8.73. The van der Waals surface area contributed by atoms with Gasteiger partial charge < -0.3 is 9.47 Å². The van der Waals surface area contributed by atoms with Crippen LogP contribution in [-0.4, -0.2) is 13.3 Å². The number of allylic oxidation sites excluding steroid dienone is 9. The van der Waals surface area contributed by atoms with Crippen LogP contribution in [0.3, 0.4) is 0 Å².